The molecule has 104 valence electrons. The van der Waals surface area contributed by atoms with E-state index >= 15 is 0 Å². The molecule has 0 N–H and O–H groups in total. The molecule has 0 aromatic rings. The molecule has 0 spiro atoms. The Morgan fingerprint density at radius 3 is 1.39 bits per heavy atom. The van der Waals surface area contributed by atoms with Crippen LogP contribution in [-0.4, -0.2) is 34.4 Å². The second kappa shape index (κ2) is 6.29. The van der Waals surface area contributed by atoms with E-state index in [1.807, 2.05) is 23.5 Å². The molecule has 0 saturated heterocycles. The van der Waals surface area contributed by atoms with Crippen LogP contribution in [0, 0.1) is 0 Å². The van der Waals surface area contributed by atoms with Crippen LogP contribution in [0.3, 0.4) is 0 Å². The fourth-order valence-electron chi connectivity index (χ4n) is 2.51. The molecule has 0 bridgehead atoms. The fourth-order valence-corrected chi connectivity index (χ4v) is 3.93. The monoisotopic (exact) mass is 286 g/mol. The lowest BCUT2D eigenvalue weighted by Gasteiger charge is -2.33. The lowest BCUT2D eigenvalue weighted by atomic mass is 10.3. The van der Waals surface area contributed by atoms with Crippen LogP contribution in [0.25, 0.3) is 0 Å². The summed E-state index contributed by atoms with van der Waals surface area (Å²) in [6.45, 7) is 13.5. The molecule has 0 aromatic heterocycles. The third-order valence-corrected chi connectivity index (χ3v) is 5.40. The number of allylic oxidation sites excluding steroid dienone is 2. The van der Waals surface area contributed by atoms with Crippen LogP contribution in [0.2, 0.25) is 0 Å². The lowest BCUT2D eigenvalue weighted by Crippen LogP contribution is -2.34. The van der Waals surface area contributed by atoms with Gasteiger partial charge in [0.15, 0.2) is 0 Å². The first-order valence-corrected chi connectivity index (χ1v) is 8.89. The van der Waals surface area contributed by atoms with Crippen LogP contribution in [0.5, 0.6) is 0 Å². The Balaban J connectivity index is 3.39. The zero-order chi connectivity index (χ0) is 14.0. The summed E-state index contributed by atoms with van der Waals surface area (Å²) in [5.41, 5.74) is 2.77. The van der Waals surface area contributed by atoms with Gasteiger partial charge in [0.25, 0.3) is 0 Å². The van der Waals surface area contributed by atoms with Crippen LogP contribution in [0.4, 0.5) is 0 Å². The van der Waals surface area contributed by atoms with Crippen LogP contribution >= 0.6 is 23.5 Å². The first kappa shape index (κ1) is 15.8. The van der Waals surface area contributed by atoms with E-state index in [9.17, 15) is 0 Å². The predicted octanol–water partition coefficient (Wildman–Crippen LogP) is 4.52. The largest absolute Gasteiger partial charge is 0.326 e. The van der Waals surface area contributed by atoms with E-state index in [0.717, 1.165) is 0 Å². The highest BCUT2D eigenvalue weighted by molar-refractivity contribution is 8.21. The zero-order valence-corrected chi connectivity index (χ0v) is 14.5. The smallest absolute Gasteiger partial charge is 0.134 e. The van der Waals surface area contributed by atoms with Crippen molar-refractivity contribution in [3.63, 3.8) is 0 Å². The van der Waals surface area contributed by atoms with Gasteiger partial charge in [0, 0.05) is 23.5 Å². The molecule has 1 heterocycles. The summed E-state index contributed by atoms with van der Waals surface area (Å²) in [6, 6.07) is 0.987. The average molecular weight is 287 g/mol. The molecule has 1 aliphatic heterocycles. The minimum absolute atomic E-state index is 0.494. The topological polar surface area (TPSA) is 6.48 Å². The molecule has 2 nitrogen and oxygen atoms in total. The second-order valence-electron chi connectivity index (χ2n) is 5.12. The first-order valence-electron chi connectivity index (χ1n) is 6.44. The van der Waals surface area contributed by atoms with Crippen molar-refractivity contribution in [1.29, 1.82) is 0 Å². The minimum atomic E-state index is 0.494. The van der Waals surface area contributed by atoms with Crippen molar-refractivity contribution >= 4 is 23.5 Å². The maximum atomic E-state index is 2.47. The van der Waals surface area contributed by atoms with Gasteiger partial charge in [-0.05, 0) is 54.1 Å². The Morgan fingerprint density at radius 1 is 0.833 bits per heavy atom. The molecule has 0 radical (unpaired) electrons. The van der Waals surface area contributed by atoms with Gasteiger partial charge in [-0.3, -0.25) is 0 Å². The van der Waals surface area contributed by atoms with Crippen molar-refractivity contribution in [2.75, 3.05) is 12.5 Å². The van der Waals surface area contributed by atoms with Gasteiger partial charge < -0.3 is 9.80 Å². The molecular formula is C14H26N2S2. The molecule has 0 amide bonds. The molecule has 1 rings (SSSR count). The Morgan fingerprint density at radius 2 is 1.17 bits per heavy atom. The fraction of sp³-hybridized carbons (Fsp3) is 0.714. The minimum Gasteiger partial charge on any atom is -0.326 e. The maximum Gasteiger partial charge on any atom is 0.134 e. The van der Waals surface area contributed by atoms with E-state index in [0.29, 0.717) is 12.1 Å². The number of rotatable bonds is 4. The van der Waals surface area contributed by atoms with Gasteiger partial charge in [0.05, 0.1) is 4.24 Å². The van der Waals surface area contributed by atoms with Crippen molar-refractivity contribution in [2.45, 2.75) is 53.6 Å². The van der Waals surface area contributed by atoms with E-state index < -0.39 is 0 Å². The number of hydrogen-bond donors (Lipinski definition) is 0. The molecule has 1 aliphatic rings. The molecule has 0 fully saturated rings. The van der Waals surface area contributed by atoms with Crippen molar-refractivity contribution in [3.8, 4) is 0 Å². The highest BCUT2D eigenvalue weighted by atomic mass is 32.2. The van der Waals surface area contributed by atoms with Gasteiger partial charge in [-0.25, -0.2) is 0 Å². The lowest BCUT2D eigenvalue weighted by molar-refractivity contribution is 0.268. The summed E-state index contributed by atoms with van der Waals surface area (Å²) in [4.78, 5) is 4.94. The summed E-state index contributed by atoms with van der Waals surface area (Å²) < 4.78 is 1.40. The second-order valence-corrected chi connectivity index (χ2v) is 7.01. The Kier molecular flexibility index (Phi) is 5.53. The van der Waals surface area contributed by atoms with Crippen LogP contribution in [-0.2, 0) is 0 Å². The standard InChI is InChI=1S/C14H26N2S2/c1-9(2)15-11(5)12(6)16(10(3)4)13(15)14(17-7)18-8/h9-10H,1-8H3. The van der Waals surface area contributed by atoms with Gasteiger partial charge in [-0.1, -0.05) is 0 Å². The van der Waals surface area contributed by atoms with Crippen molar-refractivity contribution < 1.29 is 0 Å². The first-order chi connectivity index (χ1) is 8.36. The third kappa shape index (κ3) is 2.69. The van der Waals surface area contributed by atoms with Crippen molar-refractivity contribution in [3.05, 3.63) is 21.5 Å². The van der Waals surface area contributed by atoms with Crippen LogP contribution in [0.1, 0.15) is 41.5 Å². The van der Waals surface area contributed by atoms with Crippen molar-refractivity contribution in [2.24, 2.45) is 0 Å². The van der Waals surface area contributed by atoms with Gasteiger partial charge in [0.2, 0.25) is 0 Å². The molecule has 18 heavy (non-hydrogen) atoms. The van der Waals surface area contributed by atoms with E-state index in [4.69, 9.17) is 0 Å². The molecule has 0 unspecified atom stereocenters. The third-order valence-electron chi connectivity index (χ3n) is 3.29. The Labute approximate surface area is 121 Å². The van der Waals surface area contributed by atoms with Crippen LogP contribution in [0.15, 0.2) is 21.5 Å². The van der Waals surface area contributed by atoms with Gasteiger partial charge in [-0.2, -0.15) is 0 Å². The van der Waals surface area contributed by atoms with E-state index in [2.05, 4.69) is 63.9 Å². The SMILES string of the molecule is CSC(SC)=C1N(C(C)C)C(C)=C(C)N1C(C)C. The van der Waals surface area contributed by atoms with Crippen LogP contribution < -0.4 is 0 Å². The van der Waals surface area contributed by atoms with E-state index in [1.165, 1.54) is 21.5 Å². The summed E-state index contributed by atoms with van der Waals surface area (Å²) in [5, 5.41) is 0. The summed E-state index contributed by atoms with van der Waals surface area (Å²) in [6.07, 6.45) is 4.33. The van der Waals surface area contributed by atoms with Gasteiger partial charge >= 0.3 is 0 Å². The molecule has 0 atom stereocenters. The summed E-state index contributed by atoms with van der Waals surface area (Å²) in [5.74, 6) is 1.37. The molecule has 0 saturated carbocycles. The van der Waals surface area contributed by atoms with E-state index in [1.54, 1.807) is 0 Å². The molecule has 0 aromatic carbocycles. The highest BCUT2D eigenvalue weighted by Crippen LogP contribution is 2.42. The van der Waals surface area contributed by atoms with Crippen molar-refractivity contribution in [1.82, 2.24) is 9.80 Å². The zero-order valence-electron chi connectivity index (χ0n) is 12.9. The molecular weight excluding hydrogens is 260 g/mol. The van der Waals surface area contributed by atoms with Gasteiger partial charge in [0.1, 0.15) is 5.82 Å². The summed E-state index contributed by atoms with van der Waals surface area (Å²) in [7, 11) is 0. The molecule has 0 aliphatic carbocycles. The number of nitrogens with zero attached hydrogens (tertiary/aromatic N) is 2. The molecule has 4 heteroatoms. The Bertz CT molecular complexity index is 338. The van der Waals surface area contributed by atoms with E-state index in [-0.39, 0.29) is 0 Å². The normalized spacial score (nSPS) is 16.7. The highest BCUT2D eigenvalue weighted by Gasteiger charge is 2.34. The van der Waals surface area contributed by atoms with Gasteiger partial charge in [-0.15, -0.1) is 23.5 Å². The predicted molar refractivity (Wildman–Crippen MR) is 86.4 cm³/mol. The number of hydrogen-bond acceptors (Lipinski definition) is 4. The quantitative estimate of drug-likeness (QED) is 0.749. The number of thioether (sulfide) groups is 2. The Hall–Kier alpha value is -0.220. The maximum absolute atomic E-state index is 2.47. The summed E-state index contributed by atoms with van der Waals surface area (Å²) >= 11 is 3.69. The average Bonchev–Trinajstić information content (AvgIpc) is 2.54.